The van der Waals surface area contributed by atoms with Crippen LogP contribution in [0.2, 0.25) is 5.02 Å². The van der Waals surface area contributed by atoms with Gasteiger partial charge in [0.15, 0.2) is 0 Å². The van der Waals surface area contributed by atoms with Crippen LogP contribution in [0.25, 0.3) is 10.1 Å². The van der Waals surface area contributed by atoms with Crippen LogP contribution in [-0.2, 0) is 0 Å². The molecule has 0 fully saturated rings. The number of benzene rings is 2. The summed E-state index contributed by atoms with van der Waals surface area (Å²) in [5, 5.41) is 26.0. The molecule has 2 aromatic carbocycles. The Labute approximate surface area is 160 Å². The largest absolute Gasteiger partial charge is 0.288 e. The number of rotatable bonds is 5. The van der Waals surface area contributed by atoms with Crippen molar-refractivity contribution in [1.29, 1.82) is 0 Å². The molecular weight excluding hydrogens is 396 g/mol. The third kappa shape index (κ3) is 4.07. The molecule has 11 heteroatoms. The average molecular weight is 405 g/mol. The number of amides is 1. The van der Waals surface area contributed by atoms with Gasteiger partial charge in [0, 0.05) is 33.8 Å². The molecule has 3 aromatic rings. The monoisotopic (exact) mass is 404 g/mol. The maximum Gasteiger partial charge on any atom is 0.288 e. The second-order valence-electron chi connectivity index (χ2n) is 5.26. The number of nitrogens with one attached hydrogen (secondary N) is 1. The van der Waals surface area contributed by atoms with Crippen LogP contribution in [0.1, 0.15) is 15.2 Å². The molecule has 0 aliphatic heterocycles. The van der Waals surface area contributed by atoms with Crippen molar-refractivity contribution in [2.24, 2.45) is 5.10 Å². The highest BCUT2D eigenvalue weighted by Gasteiger charge is 2.14. The van der Waals surface area contributed by atoms with Gasteiger partial charge in [-0.1, -0.05) is 17.7 Å². The Balaban J connectivity index is 1.75. The highest BCUT2D eigenvalue weighted by molar-refractivity contribution is 7.20. The number of thiophene rings is 1. The summed E-state index contributed by atoms with van der Waals surface area (Å²) < 4.78 is 0.725. The number of nitro benzene ring substituents is 2. The van der Waals surface area contributed by atoms with Crippen molar-refractivity contribution in [1.82, 2.24) is 5.43 Å². The maximum atomic E-state index is 12.2. The molecular formula is C16H9ClN4O5S. The lowest BCUT2D eigenvalue weighted by Gasteiger charge is -1.98. The summed E-state index contributed by atoms with van der Waals surface area (Å²) in [4.78, 5) is 33.0. The summed E-state index contributed by atoms with van der Waals surface area (Å²) in [6, 6.07) is 9.97. The molecule has 27 heavy (non-hydrogen) atoms. The molecule has 0 bridgehead atoms. The van der Waals surface area contributed by atoms with E-state index in [2.05, 4.69) is 10.5 Å². The van der Waals surface area contributed by atoms with E-state index >= 15 is 0 Å². The molecule has 0 radical (unpaired) electrons. The van der Waals surface area contributed by atoms with Gasteiger partial charge in [0.2, 0.25) is 0 Å². The van der Waals surface area contributed by atoms with Crippen LogP contribution in [0.5, 0.6) is 0 Å². The Morgan fingerprint density at radius 3 is 2.59 bits per heavy atom. The number of nitro groups is 2. The van der Waals surface area contributed by atoms with Gasteiger partial charge in [-0.15, -0.1) is 11.3 Å². The number of nitrogens with zero attached hydrogens (tertiary/aromatic N) is 3. The van der Waals surface area contributed by atoms with Crippen molar-refractivity contribution < 1.29 is 14.6 Å². The van der Waals surface area contributed by atoms with Crippen molar-refractivity contribution in [2.45, 2.75) is 0 Å². The summed E-state index contributed by atoms with van der Waals surface area (Å²) in [7, 11) is 0. The summed E-state index contributed by atoms with van der Waals surface area (Å²) in [5.74, 6) is -0.501. The van der Waals surface area contributed by atoms with E-state index in [0.29, 0.717) is 15.8 Å². The molecule has 0 unspecified atom stereocenters. The van der Waals surface area contributed by atoms with Crippen molar-refractivity contribution in [3.05, 3.63) is 78.2 Å². The molecule has 136 valence electrons. The molecule has 1 aromatic heterocycles. The normalized spacial score (nSPS) is 11.0. The predicted molar refractivity (Wildman–Crippen MR) is 102 cm³/mol. The smallest absolute Gasteiger partial charge is 0.266 e. The first-order chi connectivity index (χ1) is 12.8. The molecule has 0 saturated carbocycles. The fourth-order valence-electron chi connectivity index (χ4n) is 2.23. The van der Waals surface area contributed by atoms with Crippen LogP contribution < -0.4 is 5.43 Å². The Morgan fingerprint density at radius 1 is 1.11 bits per heavy atom. The SMILES string of the molecule is O=C(N/N=C\c1ccc(Cl)c([N+](=O)[O-])c1)c1cc2cc([N+](=O)[O-])ccc2s1. The third-order valence-corrected chi connectivity index (χ3v) is 4.92. The van der Waals surface area contributed by atoms with E-state index in [1.165, 1.54) is 53.9 Å². The van der Waals surface area contributed by atoms with Gasteiger partial charge in [-0.2, -0.15) is 5.10 Å². The van der Waals surface area contributed by atoms with Crippen LogP contribution in [0.3, 0.4) is 0 Å². The summed E-state index contributed by atoms with van der Waals surface area (Å²) in [6.07, 6.45) is 1.25. The highest BCUT2D eigenvalue weighted by atomic mass is 35.5. The summed E-state index contributed by atoms with van der Waals surface area (Å²) in [5.41, 5.74) is 2.37. The van der Waals surface area contributed by atoms with Gasteiger partial charge in [-0.05, 0) is 18.2 Å². The first kappa shape index (κ1) is 18.4. The van der Waals surface area contributed by atoms with Gasteiger partial charge in [-0.25, -0.2) is 5.43 Å². The zero-order chi connectivity index (χ0) is 19.6. The molecule has 1 N–H and O–H groups in total. The Morgan fingerprint density at radius 2 is 1.89 bits per heavy atom. The Hall–Kier alpha value is -3.37. The van der Waals surface area contributed by atoms with Crippen LogP contribution >= 0.6 is 22.9 Å². The van der Waals surface area contributed by atoms with E-state index in [4.69, 9.17) is 11.6 Å². The number of hydrazone groups is 1. The topological polar surface area (TPSA) is 128 Å². The number of carbonyl (C=O) groups is 1. The zero-order valence-electron chi connectivity index (χ0n) is 13.3. The van der Waals surface area contributed by atoms with Gasteiger partial charge in [0.25, 0.3) is 17.3 Å². The van der Waals surface area contributed by atoms with E-state index in [9.17, 15) is 25.0 Å². The lowest BCUT2D eigenvalue weighted by molar-refractivity contribution is -0.384. The second kappa shape index (κ2) is 7.48. The minimum atomic E-state index is -0.616. The quantitative estimate of drug-likeness (QED) is 0.388. The zero-order valence-corrected chi connectivity index (χ0v) is 14.9. The minimum Gasteiger partial charge on any atom is -0.266 e. The van der Waals surface area contributed by atoms with Gasteiger partial charge in [-0.3, -0.25) is 25.0 Å². The van der Waals surface area contributed by atoms with E-state index in [1.54, 1.807) is 6.07 Å². The third-order valence-electron chi connectivity index (χ3n) is 3.48. The van der Waals surface area contributed by atoms with E-state index in [-0.39, 0.29) is 16.4 Å². The van der Waals surface area contributed by atoms with Crippen LogP contribution in [0, 0.1) is 20.2 Å². The van der Waals surface area contributed by atoms with Gasteiger partial charge >= 0.3 is 0 Å². The van der Waals surface area contributed by atoms with E-state index < -0.39 is 15.8 Å². The number of halogens is 1. The predicted octanol–water partition coefficient (Wildman–Crippen LogP) is 4.14. The highest BCUT2D eigenvalue weighted by Crippen LogP contribution is 2.29. The maximum absolute atomic E-state index is 12.2. The van der Waals surface area contributed by atoms with Crippen molar-refractivity contribution >= 4 is 56.5 Å². The molecule has 1 amide bonds. The average Bonchev–Trinajstić information content (AvgIpc) is 3.06. The second-order valence-corrected chi connectivity index (χ2v) is 6.75. The van der Waals surface area contributed by atoms with E-state index in [1.807, 2.05) is 0 Å². The van der Waals surface area contributed by atoms with Crippen LogP contribution in [0.4, 0.5) is 11.4 Å². The number of carbonyl (C=O) groups excluding carboxylic acids is 1. The molecule has 0 atom stereocenters. The van der Waals surface area contributed by atoms with Crippen LogP contribution in [0.15, 0.2) is 47.6 Å². The standard InChI is InChI=1S/C16H9ClN4O5S/c17-12-3-1-9(5-13(12)21(25)26)8-18-19-16(22)15-7-10-6-11(20(23)24)2-4-14(10)27-15/h1-8H,(H,19,22)/b18-8-. The lowest BCUT2D eigenvalue weighted by atomic mass is 10.2. The van der Waals surface area contributed by atoms with Crippen LogP contribution in [-0.4, -0.2) is 22.0 Å². The minimum absolute atomic E-state index is 0.000514. The van der Waals surface area contributed by atoms with Gasteiger partial charge in [0.1, 0.15) is 5.02 Å². The summed E-state index contributed by atoms with van der Waals surface area (Å²) in [6.45, 7) is 0. The van der Waals surface area contributed by atoms with Crippen molar-refractivity contribution in [3.8, 4) is 0 Å². The molecule has 0 aliphatic carbocycles. The van der Waals surface area contributed by atoms with Gasteiger partial charge in [0.05, 0.1) is 20.9 Å². The van der Waals surface area contributed by atoms with Gasteiger partial charge < -0.3 is 0 Å². The number of hydrogen-bond donors (Lipinski definition) is 1. The molecule has 9 nitrogen and oxygen atoms in total. The Kier molecular flexibility index (Phi) is 5.10. The number of non-ortho nitro benzene ring substituents is 1. The number of fused-ring (bicyclic) bond motifs is 1. The van der Waals surface area contributed by atoms with E-state index in [0.717, 1.165) is 4.70 Å². The molecule has 0 spiro atoms. The number of hydrogen-bond acceptors (Lipinski definition) is 7. The molecule has 1 heterocycles. The molecule has 0 aliphatic rings. The van der Waals surface area contributed by atoms with Crippen molar-refractivity contribution in [3.63, 3.8) is 0 Å². The Bertz CT molecular complexity index is 1110. The molecule has 0 saturated heterocycles. The lowest BCUT2D eigenvalue weighted by Crippen LogP contribution is -2.16. The first-order valence-corrected chi connectivity index (χ1v) is 8.50. The van der Waals surface area contributed by atoms with Crippen molar-refractivity contribution in [2.75, 3.05) is 0 Å². The fraction of sp³-hybridized carbons (Fsp3) is 0. The molecule has 3 rings (SSSR count). The fourth-order valence-corrected chi connectivity index (χ4v) is 3.35. The summed E-state index contributed by atoms with van der Waals surface area (Å²) >= 11 is 6.89. The first-order valence-electron chi connectivity index (χ1n) is 7.30.